The van der Waals surface area contributed by atoms with Gasteiger partial charge in [0.25, 0.3) is 5.91 Å². The Morgan fingerprint density at radius 3 is 2.32 bits per heavy atom. The molecule has 2 aliphatic rings. The Kier molecular flexibility index (Phi) is 5.87. The van der Waals surface area contributed by atoms with Gasteiger partial charge in [0.15, 0.2) is 0 Å². The first-order chi connectivity index (χ1) is 11.9. The van der Waals surface area contributed by atoms with Crippen LogP contribution in [-0.4, -0.2) is 60.4 Å². The van der Waals surface area contributed by atoms with Crippen molar-refractivity contribution < 1.29 is 9.59 Å². The number of carbonyl (C=O) groups excluding carboxylic acids is 2. The summed E-state index contributed by atoms with van der Waals surface area (Å²) in [6.07, 6.45) is 3.42. The number of nitrogens with zero attached hydrogens (tertiary/aromatic N) is 2. The molecule has 1 aromatic rings. The fraction of sp³-hybridized carbons (Fsp3) is 0.556. The quantitative estimate of drug-likeness (QED) is 0.872. The van der Waals surface area contributed by atoms with Crippen molar-refractivity contribution >= 4 is 35.0 Å². The normalized spacial score (nSPS) is 22.2. The monoisotopic (exact) mass is 383 g/mol. The van der Waals surface area contributed by atoms with Crippen molar-refractivity contribution in [3.05, 3.63) is 33.8 Å². The molecule has 25 heavy (non-hydrogen) atoms. The van der Waals surface area contributed by atoms with Crippen LogP contribution in [0.15, 0.2) is 18.2 Å². The van der Waals surface area contributed by atoms with E-state index in [0.717, 1.165) is 32.4 Å². The molecule has 2 saturated heterocycles. The van der Waals surface area contributed by atoms with Gasteiger partial charge in [-0.15, -0.1) is 0 Å². The summed E-state index contributed by atoms with van der Waals surface area (Å²) in [5, 5.41) is 3.97. The number of hydrogen-bond acceptors (Lipinski definition) is 3. The van der Waals surface area contributed by atoms with Gasteiger partial charge in [-0.1, -0.05) is 23.2 Å². The van der Waals surface area contributed by atoms with E-state index in [0.29, 0.717) is 28.6 Å². The predicted molar refractivity (Wildman–Crippen MR) is 99.2 cm³/mol. The van der Waals surface area contributed by atoms with Gasteiger partial charge in [-0.25, -0.2) is 0 Å². The molecule has 7 heteroatoms. The minimum Gasteiger partial charge on any atom is -0.351 e. The molecule has 1 atom stereocenters. The number of nitrogens with one attached hydrogen (secondary N) is 1. The van der Waals surface area contributed by atoms with Crippen LogP contribution in [0.2, 0.25) is 10.0 Å². The van der Waals surface area contributed by atoms with Crippen molar-refractivity contribution in [2.24, 2.45) is 0 Å². The van der Waals surface area contributed by atoms with Crippen molar-refractivity contribution in [1.29, 1.82) is 0 Å². The molecule has 0 aliphatic carbocycles. The molecular formula is C18H23Cl2N3O2. The highest BCUT2D eigenvalue weighted by atomic mass is 35.5. The zero-order chi connectivity index (χ0) is 18.0. The van der Waals surface area contributed by atoms with E-state index in [2.05, 4.69) is 17.3 Å². The van der Waals surface area contributed by atoms with Crippen LogP contribution in [0.25, 0.3) is 0 Å². The summed E-state index contributed by atoms with van der Waals surface area (Å²) in [5.74, 6) is -0.237. The van der Waals surface area contributed by atoms with Crippen molar-refractivity contribution in [2.75, 3.05) is 26.7 Å². The zero-order valence-electron chi connectivity index (χ0n) is 14.3. The molecule has 1 unspecified atom stereocenters. The average Bonchev–Trinajstić information content (AvgIpc) is 3.05. The van der Waals surface area contributed by atoms with E-state index in [1.165, 1.54) is 0 Å². The van der Waals surface area contributed by atoms with Crippen LogP contribution in [0.1, 0.15) is 36.0 Å². The summed E-state index contributed by atoms with van der Waals surface area (Å²) in [6, 6.07) is 4.57. The molecule has 136 valence electrons. The molecule has 5 nitrogen and oxygen atoms in total. The highest BCUT2D eigenvalue weighted by molar-refractivity contribution is 6.35. The van der Waals surface area contributed by atoms with Gasteiger partial charge in [0.2, 0.25) is 5.91 Å². The fourth-order valence-electron chi connectivity index (χ4n) is 3.58. The zero-order valence-corrected chi connectivity index (χ0v) is 15.8. The number of amides is 2. The first-order valence-corrected chi connectivity index (χ1v) is 9.45. The maximum absolute atomic E-state index is 12.8. The largest absolute Gasteiger partial charge is 0.351 e. The number of rotatable bonds is 3. The van der Waals surface area contributed by atoms with Crippen LogP contribution in [0.4, 0.5) is 0 Å². The molecule has 2 amide bonds. The average molecular weight is 384 g/mol. The SMILES string of the molecule is CN1CCC(NC(=O)C2CCCN2C(=O)c2cc(Cl)cc(Cl)c2)CC1. The van der Waals surface area contributed by atoms with Gasteiger partial charge in [-0.3, -0.25) is 9.59 Å². The van der Waals surface area contributed by atoms with E-state index in [1.807, 2.05) is 0 Å². The first-order valence-electron chi connectivity index (χ1n) is 8.70. The third kappa shape index (κ3) is 4.46. The lowest BCUT2D eigenvalue weighted by Gasteiger charge is -2.31. The molecule has 1 aromatic carbocycles. The van der Waals surface area contributed by atoms with Crippen molar-refractivity contribution in [1.82, 2.24) is 15.1 Å². The number of carbonyl (C=O) groups is 2. The summed E-state index contributed by atoms with van der Waals surface area (Å²) in [7, 11) is 2.09. The third-order valence-corrected chi connectivity index (χ3v) is 5.43. The van der Waals surface area contributed by atoms with E-state index in [1.54, 1.807) is 23.1 Å². The molecule has 0 spiro atoms. The Bertz CT molecular complexity index is 639. The molecule has 1 N–H and O–H groups in total. The summed E-state index contributed by atoms with van der Waals surface area (Å²) >= 11 is 12.0. The van der Waals surface area contributed by atoms with Gasteiger partial charge in [-0.05, 0) is 64.0 Å². The number of piperidine rings is 1. The van der Waals surface area contributed by atoms with E-state index >= 15 is 0 Å². The molecule has 2 aliphatic heterocycles. The van der Waals surface area contributed by atoms with E-state index in [-0.39, 0.29) is 17.9 Å². The first kappa shape index (κ1) is 18.5. The lowest BCUT2D eigenvalue weighted by atomic mass is 10.0. The number of hydrogen-bond donors (Lipinski definition) is 1. The summed E-state index contributed by atoms with van der Waals surface area (Å²) < 4.78 is 0. The molecule has 0 radical (unpaired) electrons. The van der Waals surface area contributed by atoms with Crippen LogP contribution in [-0.2, 0) is 4.79 Å². The second-order valence-corrected chi connectivity index (χ2v) is 7.77. The molecule has 0 saturated carbocycles. The molecule has 3 rings (SSSR count). The lowest BCUT2D eigenvalue weighted by Crippen LogP contribution is -2.51. The van der Waals surface area contributed by atoms with Gasteiger partial charge >= 0.3 is 0 Å². The minimum atomic E-state index is -0.412. The van der Waals surface area contributed by atoms with Gasteiger partial charge in [0.05, 0.1) is 0 Å². The number of halogens is 2. The topological polar surface area (TPSA) is 52.7 Å². The Balaban J connectivity index is 1.67. The molecular weight excluding hydrogens is 361 g/mol. The van der Waals surface area contributed by atoms with Crippen LogP contribution in [0.5, 0.6) is 0 Å². The van der Waals surface area contributed by atoms with Crippen molar-refractivity contribution in [3.8, 4) is 0 Å². The Morgan fingerprint density at radius 1 is 1.04 bits per heavy atom. The predicted octanol–water partition coefficient (Wildman–Crippen LogP) is 2.81. The maximum Gasteiger partial charge on any atom is 0.254 e. The van der Waals surface area contributed by atoms with Crippen LogP contribution < -0.4 is 5.32 Å². The third-order valence-electron chi connectivity index (χ3n) is 4.99. The smallest absolute Gasteiger partial charge is 0.254 e. The van der Waals surface area contributed by atoms with Gasteiger partial charge in [0, 0.05) is 28.2 Å². The molecule has 2 fully saturated rings. The van der Waals surface area contributed by atoms with Crippen molar-refractivity contribution in [3.63, 3.8) is 0 Å². The van der Waals surface area contributed by atoms with Crippen LogP contribution in [0, 0.1) is 0 Å². The summed E-state index contributed by atoms with van der Waals surface area (Å²) in [5.41, 5.74) is 0.427. The molecule has 0 bridgehead atoms. The second-order valence-electron chi connectivity index (χ2n) is 6.90. The van der Waals surface area contributed by atoms with Crippen LogP contribution in [0.3, 0.4) is 0 Å². The Hall–Kier alpha value is -1.30. The van der Waals surface area contributed by atoms with Crippen molar-refractivity contribution in [2.45, 2.75) is 37.8 Å². The molecule has 0 aromatic heterocycles. The fourth-order valence-corrected chi connectivity index (χ4v) is 4.10. The number of benzene rings is 1. The van der Waals surface area contributed by atoms with E-state index < -0.39 is 6.04 Å². The van der Waals surface area contributed by atoms with E-state index in [4.69, 9.17) is 23.2 Å². The molecule has 2 heterocycles. The van der Waals surface area contributed by atoms with Gasteiger partial charge in [-0.2, -0.15) is 0 Å². The van der Waals surface area contributed by atoms with E-state index in [9.17, 15) is 9.59 Å². The van der Waals surface area contributed by atoms with Gasteiger partial charge < -0.3 is 15.1 Å². The second kappa shape index (κ2) is 7.94. The van der Waals surface area contributed by atoms with Gasteiger partial charge in [0.1, 0.15) is 6.04 Å². The standard InChI is InChI=1S/C18H23Cl2N3O2/c1-22-7-4-15(5-8-22)21-17(24)16-3-2-6-23(16)18(25)12-9-13(19)11-14(20)10-12/h9-11,15-16H,2-8H2,1H3,(H,21,24). The minimum absolute atomic E-state index is 0.0477. The highest BCUT2D eigenvalue weighted by Gasteiger charge is 2.35. The number of likely N-dealkylation sites (tertiary alicyclic amines) is 2. The lowest BCUT2D eigenvalue weighted by molar-refractivity contribution is -0.125. The van der Waals surface area contributed by atoms with Crippen LogP contribution >= 0.6 is 23.2 Å². The Labute approximate surface area is 158 Å². The summed E-state index contributed by atoms with van der Waals surface area (Å²) in [4.78, 5) is 29.4. The highest BCUT2D eigenvalue weighted by Crippen LogP contribution is 2.25. The summed E-state index contributed by atoms with van der Waals surface area (Å²) in [6.45, 7) is 2.55. The maximum atomic E-state index is 12.8. The Morgan fingerprint density at radius 2 is 1.68 bits per heavy atom.